The molecule has 4 heteroatoms. The van der Waals surface area contributed by atoms with Gasteiger partial charge in [0, 0.05) is 12.6 Å². The molecule has 1 atom stereocenters. The molecule has 0 aliphatic carbocycles. The molecule has 4 rings (SSSR count). The minimum atomic E-state index is -0.0218. The van der Waals surface area contributed by atoms with Gasteiger partial charge in [-0.05, 0) is 56.5 Å². The molecule has 1 unspecified atom stereocenters. The maximum atomic E-state index is 12.7. The smallest absolute Gasteiger partial charge is 0.257 e. The number of benzene rings is 2. The molecule has 2 aromatic rings. The molecule has 2 N–H and O–H groups in total. The zero-order valence-electron chi connectivity index (χ0n) is 17.3. The van der Waals surface area contributed by atoms with Crippen LogP contribution < -0.4 is 15.5 Å². The molecule has 29 heavy (non-hydrogen) atoms. The highest BCUT2D eigenvalue weighted by Gasteiger charge is 2.24. The molecule has 2 aromatic carbocycles. The first kappa shape index (κ1) is 20.0. The number of rotatable bonds is 7. The van der Waals surface area contributed by atoms with Gasteiger partial charge in [0.2, 0.25) is 0 Å². The van der Waals surface area contributed by atoms with E-state index in [1.165, 1.54) is 57.9 Å². The van der Waals surface area contributed by atoms with E-state index in [2.05, 4.69) is 27.7 Å². The van der Waals surface area contributed by atoms with Gasteiger partial charge >= 0.3 is 0 Å². The van der Waals surface area contributed by atoms with E-state index in [0.717, 1.165) is 41.6 Å². The lowest BCUT2D eigenvalue weighted by molar-refractivity contribution is 0.102. The minimum Gasteiger partial charge on any atom is -0.339 e. The summed E-state index contributed by atoms with van der Waals surface area (Å²) in [6.45, 7) is 2.13. The number of anilines is 3. The third-order valence-corrected chi connectivity index (χ3v) is 6.23. The van der Waals surface area contributed by atoms with Crippen LogP contribution in [0.25, 0.3) is 0 Å². The summed E-state index contributed by atoms with van der Waals surface area (Å²) < 4.78 is 0. The highest BCUT2D eigenvalue weighted by atomic mass is 16.1. The van der Waals surface area contributed by atoms with Gasteiger partial charge in [-0.1, -0.05) is 56.4 Å². The zero-order valence-corrected chi connectivity index (χ0v) is 17.3. The molecule has 0 radical (unpaired) electrons. The van der Waals surface area contributed by atoms with E-state index < -0.39 is 0 Å². The number of nitrogens with zero attached hydrogens (tertiary/aromatic N) is 1. The van der Waals surface area contributed by atoms with E-state index in [-0.39, 0.29) is 5.91 Å². The molecule has 1 amide bonds. The van der Waals surface area contributed by atoms with Crippen LogP contribution >= 0.6 is 0 Å². The molecule has 154 valence electrons. The van der Waals surface area contributed by atoms with Gasteiger partial charge in [-0.25, -0.2) is 0 Å². The summed E-state index contributed by atoms with van der Waals surface area (Å²) in [5.41, 5.74) is 3.75. The number of carbonyl (C=O) groups excluding carboxylic acids is 1. The van der Waals surface area contributed by atoms with Crippen molar-refractivity contribution in [3.05, 3.63) is 54.1 Å². The standard InChI is InChI=1S/C25H33N3O/c29-25-21-14-6-8-16-23(21)28(24-17-9-7-15-22(24)27-25)19-11-2-1-4-12-20-13-5-3-10-18-26-20/h6-9,14-17,20,26H,1-5,10-13,18-19H2,(H,27,29). The Bertz CT molecular complexity index is 811. The number of hydrogen-bond acceptors (Lipinski definition) is 3. The molecule has 0 bridgehead atoms. The van der Waals surface area contributed by atoms with Crippen molar-refractivity contribution in [3.63, 3.8) is 0 Å². The van der Waals surface area contributed by atoms with Crippen molar-refractivity contribution >= 4 is 23.0 Å². The Morgan fingerprint density at radius 1 is 0.862 bits per heavy atom. The van der Waals surface area contributed by atoms with Crippen LogP contribution in [0, 0.1) is 0 Å². The van der Waals surface area contributed by atoms with Gasteiger partial charge < -0.3 is 15.5 Å². The lowest BCUT2D eigenvalue weighted by Gasteiger charge is -2.26. The molecule has 0 saturated carbocycles. The van der Waals surface area contributed by atoms with E-state index >= 15 is 0 Å². The van der Waals surface area contributed by atoms with Crippen LogP contribution in [0.3, 0.4) is 0 Å². The predicted molar refractivity (Wildman–Crippen MR) is 121 cm³/mol. The summed E-state index contributed by atoms with van der Waals surface area (Å²) in [4.78, 5) is 15.0. The molecular formula is C25H33N3O. The first-order chi connectivity index (χ1) is 14.3. The van der Waals surface area contributed by atoms with Gasteiger partial charge in [-0.3, -0.25) is 4.79 Å². The Hall–Kier alpha value is -2.33. The van der Waals surface area contributed by atoms with Gasteiger partial charge in [-0.15, -0.1) is 0 Å². The lowest BCUT2D eigenvalue weighted by atomic mass is 10.0. The summed E-state index contributed by atoms with van der Waals surface area (Å²) in [6.07, 6.45) is 11.7. The number of fused-ring (bicyclic) bond motifs is 2. The van der Waals surface area contributed by atoms with Gasteiger partial charge in [0.25, 0.3) is 5.91 Å². The fourth-order valence-electron chi connectivity index (χ4n) is 4.64. The van der Waals surface area contributed by atoms with Crippen molar-refractivity contribution in [2.24, 2.45) is 0 Å². The Morgan fingerprint density at radius 3 is 2.59 bits per heavy atom. The fraction of sp³-hybridized carbons (Fsp3) is 0.480. The van der Waals surface area contributed by atoms with Crippen LogP contribution in [0.4, 0.5) is 17.1 Å². The van der Waals surface area contributed by atoms with Gasteiger partial charge in [0.1, 0.15) is 0 Å². The zero-order chi connectivity index (χ0) is 19.9. The highest BCUT2D eigenvalue weighted by Crippen LogP contribution is 2.37. The quantitative estimate of drug-likeness (QED) is 0.580. The number of amides is 1. The summed E-state index contributed by atoms with van der Waals surface area (Å²) in [6, 6.07) is 16.8. The van der Waals surface area contributed by atoms with Crippen LogP contribution in [0.5, 0.6) is 0 Å². The van der Waals surface area contributed by atoms with Gasteiger partial charge in [0.15, 0.2) is 0 Å². The molecule has 1 fully saturated rings. The Balaban J connectivity index is 1.34. The molecular weight excluding hydrogens is 358 g/mol. The predicted octanol–water partition coefficient (Wildman–Crippen LogP) is 5.87. The molecule has 2 aliphatic rings. The van der Waals surface area contributed by atoms with Crippen LogP contribution in [0.15, 0.2) is 48.5 Å². The Morgan fingerprint density at radius 2 is 1.66 bits per heavy atom. The van der Waals surface area contributed by atoms with E-state index in [1.54, 1.807) is 0 Å². The summed E-state index contributed by atoms with van der Waals surface area (Å²) in [7, 11) is 0. The SMILES string of the molecule is O=C1Nc2ccccc2N(CCCCCCC2CCCCCN2)c2ccccc21. The molecule has 0 aromatic heterocycles. The van der Waals surface area contributed by atoms with E-state index in [4.69, 9.17) is 0 Å². The van der Waals surface area contributed by atoms with Crippen LogP contribution in [0.2, 0.25) is 0 Å². The van der Waals surface area contributed by atoms with Crippen molar-refractivity contribution in [1.82, 2.24) is 5.32 Å². The van der Waals surface area contributed by atoms with Gasteiger partial charge in [-0.2, -0.15) is 0 Å². The summed E-state index contributed by atoms with van der Waals surface area (Å²) in [5, 5.41) is 6.78. The molecule has 1 saturated heterocycles. The third-order valence-electron chi connectivity index (χ3n) is 6.23. The van der Waals surface area contributed by atoms with Crippen LogP contribution in [0.1, 0.15) is 68.1 Å². The Labute approximate surface area is 174 Å². The number of carbonyl (C=O) groups is 1. The summed E-state index contributed by atoms with van der Waals surface area (Å²) in [5.74, 6) is -0.0218. The normalized spacial score (nSPS) is 19.0. The van der Waals surface area contributed by atoms with Crippen molar-refractivity contribution in [2.45, 2.75) is 63.8 Å². The maximum absolute atomic E-state index is 12.7. The van der Waals surface area contributed by atoms with Crippen LogP contribution in [-0.2, 0) is 0 Å². The second-order valence-electron chi connectivity index (χ2n) is 8.34. The number of para-hydroxylation sites is 3. The summed E-state index contributed by atoms with van der Waals surface area (Å²) >= 11 is 0. The first-order valence-corrected chi connectivity index (χ1v) is 11.3. The number of hydrogen-bond donors (Lipinski definition) is 2. The van der Waals surface area contributed by atoms with Crippen molar-refractivity contribution in [2.75, 3.05) is 23.3 Å². The van der Waals surface area contributed by atoms with Crippen molar-refractivity contribution < 1.29 is 4.79 Å². The second kappa shape index (κ2) is 9.93. The largest absolute Gasteiger partial charge is 0.339 e. The second-order valence-corrected chi connectivity index (χ2v) is 8.34. The molecule has 2 heterocycles. The first-order valence-electron chi connectivity index (χ1n) is 11.3. The number of unbranched alkanes of at least 4 members (excludes halogenated alkanes) is 3. The van der Waals surface area contributed by atoms with Crippen LogP contribution in [-0.4, -0.2) is 25.0 Å². The average Bonchev–Trinajstić information content (AvgIpc) is 3.08. The number of nitrogens with one attached hydrogen (secondary N) is 2. The Kier molecular flexibility index (Phi) is 6.83. The topological polar surface area (TPSA) is 44.4 Å². The van der Waals surface area contributed by atoms with Crippen molar-refractivity contribution in [3.8, 4) is 0 Å². The highest BCUT2D eigenvalue weighted by molar-refractivity contribution is 6.12. The lowest BCUT2D eigenvalue weighted by Crippen LogP contribution is -2.27. The van der Waals surface area contributed by atoms with E-state index in [1.807, 2.05) is 36.4 Å². The monoisotopic (exact) mass is 391 g/mol. The molecule has 2 aliphatic heterocycles. The minimum absolute atomic E-state index is 0.0218. The fourth-order valence-corrected chi connectivity index (χ4v) is 4.64. The molecule has 0 spiro atoms. The van der Waals surface area contributed by atoms with E-state index in [9.17, 15) is 4.79 Å². The van der Waals surface area contributed by atoms with Crippen molar-refractivity contribution in [1.29, 1.82) is 0 Å². The van der Waals surface area contributed by atoms with E-state index in [0.29, 0.717) is 0 Å². The third kappa shape index (κ3) is 4.99. The van der Waals surface area contributed by atoms with Gasteiger partial charge in [0.05, 0.1) is 22.6 Å². The maximum Gasteiger partial charge on any atom is 0.257 e. The average molecular weight is 392 g/mol. The molecule has 4 nitrogen and oxygen atoms in total.